The molecule has 0 saturated carbocycles. The van der Waals surface area contributed by atoms with Crippen LogP contribution in [0.5, 0.6) is 5.75 Å². The van der Waals surface area contributed by atoms with Crippen LogP contribution in [-0.2, 0) is 6.18 Å². The molecule has 3 nitrogen and oxygen atoms in total. The SMILES string of the molecule is COc1c(/C=C/c2ccccc2)c(C)nc2c(C(F)(F)F)c(F)nc(-c3ccccc3)c12. The van der Waals surface area contributed by atoms with Gasteiger partial charge in [0.1, 0.15) is 11.3 Å². The van der Waals surface area contributed by atoms with Crippen LogP contribution in [-0.4, -0.2) is 17.1 Å². The number of hydrogen-bond acceptors (Lipinski definition) is 3. The van der Waals surface area contributed by atoms with Gasteiger partial charge in [-0.15, -0.1) is 0 Å². The Kier molecular flexibility index (Phi) is 5.65. The van der Waals surface area contributed by atoms with Gasteiger partial charge in [0.2, 0.25) is 5.95 Å². The third kappa shape index (κ3) is 3.93. The van der Waals surface area contributed by atoms with E-state index >= 15 is 0 Å². The van der Waals surface area contributed by atoms with E-state index in [0.29, 0.717) is 11.1 Å². The Morgan fingerprint density at radius 2 is 1.50 bits per heavy atom. The van der Waals surface area contributed by atoms with Crippen molar-refractivity contribution in [1.29, 1.82) is 0 Å². The van der Waals surface area contributed by atoms with Crippen molar-refractivity contribution in [1.82, 2.24) is 9.97 Å². The zero-order valence-electron chi connectivity index (χ0n) is 17.2. The molecular formula is C25H18F4N2O. The second kappa shape index (κ2) is 8.42. The third-order valence-corrected chi connectivity index (χ3v) is 5.04. The molecule has 0 aliphatic carbocycles. The molecule has 0 aliphatic rings. The molecule has 7 heteroatoms. The molecule has 32 heavy (non-hydrogen) atoms. The fourth-order valence-electron chi connectivity index (χ4n) is 3.61. The molecule has 0 aliphatic heterocycles. The standard InChI is InChI=1S/C25H18F4N2O/c1-15-18(14-13-16-9-5-3-6-10-16)23(32-2)19-21(17-11-7-4-8-12-17)31-24(26)20(22(19)30-15)25(27,28)29/h3-14H,1-2H3/b14-13+. The summed E-state index contributed by atoms with van der Waals surface area (Å²) in [6, 6.07) is 17.8. The van der Waals surface area contributed by atoms with Crippen LogP contribution in [0.25, 0.3) is 34.3 Å². The third-order valence-electron chi connectivity index (χ3n) is 5.04. The van der Waals surface area contributed by atoms with Gasteiger partial charge in [-0.25, -0.2) is 4.98 Å². The monoisotopic (exact) mass is 438 g/mol. The fourth-order valence-corrected chi connectivity index (χ4v) is 3.61. The van der Waals surface area contributed by atoms with Crippen molar-refractivity contribution in [2.24, 2.45) is 0 Å². The second-order valence-electron chi connectivity index (χ2n) is 7.10. The first-order chi connectivity index (χ1) is 15.3. The molecule has 0 atom stereocenters. The number of fused-ring (bicyclic) bond motifs is 1. The molecule has 2 aromatic carbocycles. The molecule has 162 valence electrons. The molecule has 0 spiro atoms. The molecule has 4 aromatic rings. The number of benzene rings is 2. The van der Waals surface area contributed by atoms with Crippen molar-refractivity contribution in [3.63, 3.8) is 0 Å². The van der Waals surface area contributed by atoms with Gasteiger partial charge in [-0.3, -0.25) is 4.98 Å². The first-order valence-electron chi connectivity index (χ1n) is 9.74. The number of hydrogen-bond donors (Lipinski definition) is 0. The largest absolute Gasteiger partial charge is 0.495 e. The molecule has 0 unspecified atom stereocenters. The van der Waals surface area contributed by atoms with E-state index < -0.39 is 23.2 Å². The van der Waals surface area contributed by atoms with E-state index in [0.717, 1.165) is 5.56 Å². The second-order valence-corrected chi connectivity index (χ2v) is 7.10. The van der Waals surface area contributed by atoms with E-state index in [1.807, 2.05) is 36.4 Å². The smallest absolute Gasteiger partial charge is 0.422 e. The summed E-state index contributed by atoms with van der Waals surface area (Å²) in [5.41, 5.74) is 0.101. The quantitative estimate of drug-likeness (QED) is 0.256. The fraction of sp³-hybridized carbons (Fsp3) is 0.120. The molecule has 0 amide bonds. The Labute approximate surface area is 182 Å². The van der Waals surface area contributed by atoms with E-state index in [2.05, 4.69) is 9.97 Å². The maximum absolute atomic E-state index is 14.7. The van der Waals surface area contributed by atoms with Gasteiger partial charge in [0.05, 0.1) is 23.7 Å². The Bertz CT molecular complexity index is 1300. The summed E-state index contributed by atoms with van der Waals surface area (Å²) in [6.07, 6.45) is -1.44. The van der Waals surface area contributed by atoms with E-state index in [9.17, 15) is 17.6 Å². The van der Waals surface area contributed by atoms with Crippen LogP contribution in [0, 0.1) is 12.9 Å². The first kappa shape index (κ1) is 21.5. The van der Waals surface area contributed by atoms with Gasteiger partial charge in [-0.2, -0.15) is 17.6 Å². The zero-order valence-corrected chi connectivity index (χ0v) is 17.2. The molecule has 0 fully saturated rings. The van der Waals surface area contributed by atoms with E-state index in [-0.39, 0.29) is 22.5 Å². The number of methoxy groups -OCH3 is 1. The highest BCUT2D eigenvalue weighted by Crippen LogP contribution is 2.44. The predicted molar refractivity (Wildman–Crippen MR) is 117 cm³/mol. The number of aryl methyl sites for hydroxylation is 1. The molecule has 4 rings (SSSR count). The van der Waals surface area contributed by atoms with E-state index in [4.69, 9.17) is 4.74 Å². The highest BCUT2D eigenvalue weighted by molar-refractivity contribution is 6.01. The average molecular weight is 438 g/mol. The number of halogens is 4. The molecule has 2 aromatic heterocycles. The minimum Gasteiger partial charge on any atom is -0.495 e. The normalized spacial score (nSPS) is 11.9. The summed E-state index contributed by atoms with van der Waals surface area (Å²) in [4.78, 5) is 7.88. The Hall–Kier alpha value is -3.74. The number of pyridine rings is 2. The lowest BCUT2D eigenvalue weighted by Crippen LogP contribution is -2.13. The Balaban J connectivity index is 2.10. The molecule has 0 radical (unpaired) electrons. The average Bonchev–Trinajstić information content (AvgIpc) is 2.77. The van der Waals surface area contributed by atoms with Crippen molar-refractivity contribution in [3.8, 4) is 17.0 Å². The summed E-state index contributed by atoms with van der Waals surface area (Å²) in [5.74, 6) is -1.47. The van der Waals surface area contributed by atoms with Crippen LogP contribution in [0.1, 0.15) is 22.4 Å². The minimum atomic E-state index is -4.98. The number of alkyl halides is 3. The molecular weight excluding hydrogens is 420 g/mol. The maximum atomic E-state index is 14.7. The highest BCUT2D eigenvalue weighted by Gasteiger charge is 2.40. The van der Waals surface area contributed by atoms with Crippen LogP contribution in [0.2, 0.25) is 0 Å². The van der Waals surface area contributed by atoms with Crippen LogP contribution < -0.4 is 4.74 Å². The maximum Gasteiger partial charge on any atom is 0.422 e. The van der Waals surface area contributed by atoms with Crippen molar-refractivity contribution < 1.29 is 22.3 Å². The number of aromatic nitrogens is 2. The molecule has 0 bridgehead atoms. The summed E-state index contributed by atoms with van der Waals surface area (Å²) in [7, 11) is 1.36. The highest BCUT2D eigenvalue weighted by atomic mass is 19.4. The molecule has 0 saturated heterocycles. The number of ether oxygens (including phenoxy) is 1. The molecule has 2 heterocycles. The van der Waals surface area contributed by atoms with Gasteiger partial charge < -0.3 is 4.74 Å². The molecule has 0 N–H and O–H groups in total. The summed E-state index contributed by atoms with van der Waals surface area (Å²) >= 11 is 0. The van der Waals surface area contributed by atoms with Crippen molar-refractivity contribution in [3.05, 3.63) is 89.0 Å². The lowest BCUT2D eigenvalue weighted by molar-refractivity contribution is -0.139. The van der Waals surface area contributed by atoms with Gasteiger partial charge in [0.15, 0.2) is 0 Å². The van der Waals surface area contributed by atoms with E-state index in [1.54, 1.807) is 43.3 Å². The van der Waals surface area contributed by atoms with Crippen molar-refractivity contribution in [2.45, 2.75) is 13.1 Å². The number of rotatable bonds is 4. The van der Waals surface area contributed by atoms with Crippen LogP contribution in [0.3, 0.4) is 0 Å². The number of nitrogens with zero attached hydrogens (tertiary/aromatic N) is 2. The lowest BCUT2D eigenvalue weighted by Gasteiger charge is -2.18. The van der Waals surface area contributed by atoms with Crippen LogP contribution in [0.4, 0.5) is 17.6 Å². The Morgan fingerprint density at radius 3 is 2.09 bits per heavy atom. The van der Waals surface area contributed by atoms with Gasteiger partial charge in [0.25, 0.3) is 0 Å². The minimum absolute atomic E-state index is 0.00531. The Morgan fingerprint density at radius 1 is 0.875 bits per heavy atom. The van der Waals surface area contributed by atoms with Crippen LogP contribution in [0.15, 0.2) is 60.7 Å². The predicted octanol–water partition coefficient (Wildman–Crippen LogP) is 6.94. The summed E-state index contributed by atoms with van der Waals surface area (Å²) in [6.45, 7) is 1.56. The topological polar surface area (TPSA) is 35.0 Å². The summed E-state index contributed by atoms with van der Waals surface area (Å²) in [5, 5.41) is 0.00531. The van der Waals surface area contributed by atoms with Gasteiger partial charge >= 0.3 is 6.18 Å². The zero-order chi connectivity index (χ0) is 22.9. The van der Waals surface area contributed by atoms with E-state index in [1.165, 1.54) is 7.11 Å². The van der Waals surface area contributed by atoms with Gasteiger partial charge in [-0.1, -0.05) is 66.7 Å². The van der Waals surface area contributed by atoms with Gasteiger partial charge in [-0.05, 0) is 18.6 Å². The summed E-state index contributed by atoms with van der Waals surface area (Å²) < 4.78 is 61.6. The van der Waals surface area contributed by atoms with Crippen LogP contribution >= 0.6 is 0 Å². The van der Waals surface area contributed by atoms with Gasteiger partial charge in [0, 0.05) is 16.8 Å². The van der Waals surface area contributed by atoms with Crippen molar-refractivity contribution in [2.75, 3.05) is 7.11 Å². The van der Waals surface area contributed by atoms with Crippen molar-refractivity contribution >= 4 is 23.1 Å². The first-order valence-corrected chi connectivity index (χ1v) is 9.74. The lowest BCUT2D eigenvalue weighted by atomic mass is 9.99.